The van der Waals surface area contributed by atoms with Gasteiger partial charge in [0, 0.05) is 18.2 Å². The van der Waals surface area contributed by atoms with Gasteiger partial charge >= 0.3 is 0 Å². The van der Waals surface area contributed by atoms with E-state index in [0.29, 0.717) is 22.7 Å². The van der Waals surface area contributed by atoms with E-state index < -0.39 is 0 Å². The van der Waals surface area contributed by atoms with Crippen molar-refractivity contribution in [2.45, 2.75) is 25.8 Å². The number of carbonyl (C=O) groups is 1. The Hall–Kier alpha value is -2.53. The van der Waals surface area contributed by atoms with Crippen molar-refractivity contribution in [1.82, 2.24) is 4.90 Å². The summed E-state index contributed by atoms with van der Waals surface area (Å²) in [6.07, 6.45) is 3.90. The van der Waals surface area contributed by atoms with Gasteiger partial charge in [0.1, 0.15) is 11.5 Å². The van der Waals surface area contributed by atoms with E-state index in [1.807, 2.05) is 24.3 Å². The zero-order valence-electron chi connectivity index (χ0n) is 15.5. The van der Waals surface area contributed by atoms with Gasteiger partial charge in [0.15, 0.2) is 0 Å². The van der Waals surface area contributed by atoms with Gasteiger partial charge < -0.3 is 14.8 Å². The molecule has 1 saturated heterocycles. The number of carbonyl (C=O) groups excluding carboxylic acids is 1. The van der Waals surface area contributed by atoms with E-state index in [1.54, 1.807) is 32.4 Å². The number of likely N-dealkylation sites (tertiary alicyclic amines) is 1. The summed E-state index contributed by atoms with van der Waals surface area (Å²) in [5, 5.41) is 2.90. The van der Waals surface area contributed by atoms with Gasteiger partial charge in [-0.1, -0.05) is 18.6 Å². The molecule has 0 aromatic heterocycles. The maximum atomic E-state index is 12.6. The van der Waals surface area contributed by atoms with E-state index >= 15 is 0 Å². The quantitative estimate of drug-likeness (QED) is 0.854. The standard InChI is InChI=1S/C21H26N2O3/c1-25-18-10-11-20(26-2)19(14-18)22-21(24)17-8-6-16(7-9-17)15-23-12-4-3-5-13-23/h6-11,14H,3-5,12-13,15H2,1-2H3,(H,22,24). The van der Waals surface area contributed by atoms with Crippen LogP contribution in [-0.2, 0) is 6.54 Å². The first kappa shape index (κ1) is 18.3. The molecule has 2 aromatic carbocycles. The number of nitrogens with zero attached hydrogens (tertiary/aromatic N) is 1. The molecule has 1 heterocycles. The third-order valence-corrected chi connectivity index (χ3v) is 4.73. The molecule has 0 aliphatic carbocycles. The predicted molar refractivity (Wildman–Crippen MR) is 103 cm³/mol. The fraction of sp³-hybridized carbons (Fsp3) is 0.381. The summed E-state index contributed by atoms with van der Waals surface area (Å²) < 4.78 is 10.5. The Labute approximate surface area is 154 Å². The summed E-state index contributed by atoms with van der Waals surface area (Å²) in [7, 11) is 3.17. The Kier molecular flexibility index (Phi) is 6.12. The van der Waals surface area contributed by atoms with Gasteiger partial charge in [-0.3, -0.25) is 9.69 Å². The van der Waals surface area contributed by atoms with Crippen LogP contribution >= 0.6 is 0 Å². The average molecular weight is 354 g/mol. The van der Waals surface area contributed by atoms with Crippen LogP contribution in [0.15, 0.2) is 42.5 Å². The molecule has 0 unspecified atom stereocenters. The molecule has 1 aliphatic heterocycles. The number of amides is 1. The van der Waals surface area contributed by atoms with Crippen molar-refractivity contribution < 1.29 is 14.3 Å². The summed E-state index contributed by atoms with van der Waals surface area (Å²) in [4.78, 5) is 15.0. The van der Waals surface area contributed by atoms with E-state index in [9.17, 15) is 4.79 Å². The summed E-state index contributed by atoms with van der Waals surface area (Å²) in [6, 6.07) is 13.1. The highest BCUT2D eigenvalue weighted by atomic mass is 16.5. The van der Waals surface area contributed by atoms with Gasteiger partial charge in [0.2, 0.25) is 0 Å². The van der Waals surface area contributed by atoms with Crippen LogP contribution in [0.1, 0.15) is 35.2 Å². The minimum absolute atomic E-state index is 0.166. The SMILES string of the molecule is COc1ccc(OC)c(NC(=O)c2ccc(CN3CCCCC3)cc2)c1. The van der Waals surface area contributed by atoms with Crippen LogP contribution in [0.25, 0.3) is 0 Å². The van der Waals surface area contributed by atoms with Crippen LogP contribution < -0.4 is 14.8 Å². The van der Waals surface area contributed by atoms with E-state index in [0.717, 1.165) is 19.6 Å². The Morgan fingerprint density at radius 1 is 1.00 bits per heavy atom. The molecule has 0 spiro atoms. The summed E-state index contributed by atoms with van der Waals surface area (Å²) in [5.74, 6) is 1.10. The molecule has 26 heavy (non-hydrogen) atoms. The van der Waals surface area contributed by atoms with Gasteiger partial charge in [-0.05, 0) is 55.8 Å². The molecule has 138 valence electrons. The Morgan fingerprint density at radius 3 is 2.38 bits per heavy atom. The number of rotatable bonds is 6. The Balaban J connectivity index is 1.66. The Morgan fingerprint density at radius 2 is 1.73 bits per heavy atom. The lowest BCUT2D eigenvalue weighted by Crippen LogP contribution is -2.29. The zero-order chi connectivity index (χ0) is 18.4. The average Bonchev–Trinajstić information content (AvgIpc) is 2.69. The molecule has 1 N–H and O–H groups in total. The first-order valence-electron chi connectivity index (χ1n) is 9.04. The van der Waals surface area contributed by atoms with Gasteiger partial charge in [0.25, 0.3) is 5.91 Å². The highest BCUT2D eigenvalue weighted by Crippen LogP contribution is 2.29. The number of nitrogens with one attached hydrogen (secondary N) is 1. The lowest BCUT2D eigenvalue weighted by Gasteiger charge is -2.26. The first-order valence-corrected chi connectivity index (χ1v) is 9.04. The second kappa shape index (κ2) is 8.72. The van der Waals surface area contributed by atoms with Crippen LogP contribution in [0.2, 0.25) is 0 Å². The topological polar surface area (TPSA) is 50.8 Å². The number of anilines is 1. The molecule has 0 saturated carbocycles. The predicted octanol–water partition coefficient (Wildman–Crippen LogP) is 3.94. The van der Waals surface area contributed by atoms with Gasteiger partial charge in [0.05, 0.1) is 19.9 Å². The monoisotopic (exact) mass is 354 g/mol. The van der Waals surface area contributed by atoms with E-state index in [-0.39, 0.29) is 5.91 Å². The molecule has 5 heteroatoms. The molecule has 0 radical (unpaired) electrons. The maximum Gasteiger partial charge on any atom is 0.255 e. The first-order chi connectivity index (χ1) is 12.7. The second-order valence-corrected chi connectivity index (χ2v) is 6.55. The molecule has 3 rings (SSSR count). The molecule has 1 aliphatic rings. The molecule has 1 amide bonds. The van der Waals surface area contributed by atoms with Crippen molar-refractivity contribution in [2.24, 2.45) is 0 Å². The summed E-state index contributed by atoms with van der Waals surface area (Å²) in [6.45, 7) is 3.28. The van der Waals surface area contributed by atoms with Crippen LogP contribution in [0, 0.1) is 0 Å². The molecule has 0 bridgehead atoms. The summed E-state index contributed by atoms with van der Waals surface area (Å²) in [5.41, 5.74) is 2.45. The minimum atomic E-state index is -0.166. The second-order valence-electron chi connectivity index (χ2n) is 6.55. The van der Waals surface area contributed by atoms with Gasteiger partial charge in [-0.2, -0.15) is 0 Å². The lowest BCUT2D eigenvalue weighted by atomic mass is 10.1. The van der Waals surface area contributed by atoms with E-state index in [2.05, 4.69) is 10.2 Å². The van der Waals surface area contributed by atoms with Crippen LogP contribution in [0.4, 0.5) is 5.69 Å². The highest BCUT2D eigenvalue weighted by molar-refractivity contribution is 6.05. The lowest BCUT2D eigenvalue weighted by molar-refractivity contribution is 0.102. The number of hydrogen-bond acceptors (Lipinski definition) is 4. The molecule has 5 nitrogen and oxygen atoms in total. The van der Waals surface area contributed by atoms with E-state index in [4.69, 9.17) is 9.47 Å². The van der Waals surface area contributed by atoms with Crippen LogP contribution in [-0.4, -0.2) is 38.1 Å². The molecule has 0 atom stereocenters. The van der Waals surface area contributed by atoms with Gasteiger partial charge in [-0.15, -0.1) is 0 Å². The van der Waals surface area contributed by atoms with Crippen molar-refractivity contribution in [1.29, 1.82) is 0 Å². The highest BCUT2D eigenvalue weighted by Gasteiger charge is 2.13. The molecule has 2 aromatic rings. The summed E-state index contributed by atoms with van der Waals surface area (Å²) >= 11 is 0. The smallest absolute Gasteiger partial charge is 0.255 e. The Bertz CT molecular complexity index is 737. The molecular formula is C21H26N2O3. The van der Waals surface area contributed by atoms with Crippen LogP contribution in [0.3, 0.4) is 0 Å². The van der Waals surface area contributed by atoms with Crippen molar-refractivity contribution in [3.63, 3.8) is 0 Å². The molecular weight excluding hydrogens is 328 g/mol. The number of methoxy groups -OCH3 is 2. The minimum Gasteiger partial charge on any atom is -0.497 e. The fourth-order valence-corrected chi connectivity index (χ4v) is 3.24. The zero-order valence-corrected chi connectivity index (χ0v) is 15.5. The number of benzene rings is 2. The third kappa shape index (κ3) is 4.55. The number of ether oxygens (including phenoxy) is 2. The maximum absolute atomic E-state index is 12.6. The number of hydrogen-bond donors (Lipinski definition) is 1. The fourth-order valence-electron chi connectivity index (χ4n) is 3.24. The third-order valence-electron chi connectivity index (χ3n) is 4.73. The van der Waals surface area contributed by atoms with Crippen molar-refractivity contribution in [3.05, 3.63) is 53.6 Å². The van der Waals surface area contributed by atoms with Crippen LogP contribution in [0.5, 0.6) is 11.5 Å². The molecule has 1 fully saturated rings. The van der Waals surface area contributed by atoms with Crippen molar-refractivity contribution in [2.75, 3.05) is 32.6 Å². The van der Waals surface area contributed by atoms with Gasteiger partial charge in [-0.25, -0.2) is 0 Å². The normalized spacial score (nSPS) is 14.7. The largest absolute Gasteiger partial charge is 0.497 e. The number of piperidine rings is 1. The van der Waals surface area contributed by atoms with Crippen molar-refractivity contribution in [3.8, 4) is 11.5 Å². The van der Waals surface area contributed by atoms with E-state index in [1.165, 1.54) is 24.8 Å². The van der Waals surface area contributed by atoms with Crippen molar-refractivity contribution >= 4 is 11.6 Å².